The van der Waals surface area contributed by atoms with Crippen LogP contribution in [0.2, 0.25) is 0 Å². The maximum atomic E-state index is 11.8. The molecule has 1 aliphatic heterocycles. The molecule has 0 aromatic carbocycles. The number of pyridine rings is 1. The normalized spacial score (nSPS) is 15.5. The summed E-state index contributed by atoms with van der Waals surface area (Å²) >= 11 is 0. The summed E-state index contributed by atoms with van der Waals surface area (Å²) in [5.41, 5.74) is -0.137. The van der Waals surface area contributed by atoms with Crippen molar-refractivity contribution in [3.05, 3.63) is 57.0 Å². The average Bonchev–Trinajstić information content (AvgIpc) is 2.61. The van der Waals surface area contributed by atoms with E-state index in [1.807, 2.05) is 12.3 Å². The third kappa shape index (κ3) is 4.55. The first-order chi connectivity index (χ1) is 12.2. The van der Waals surface area contributed by atoms with Crippen molar-refractivity contribution in [1.82, 2.24) is 19.4 Å². The number of piperazine rings is 1. The first kappa shape index (κ1) is 17.4. The van der Waals surface area contributed by atoms with Crippen molar-refractivity contribution in [1.29, 1.82) is 0 Å². The second-order valence-electron chi connectivity index (χ2n) is 6.04. The molecule has 3 rings (SSSR count). The number of methoxy groups -OCH3 is 1. The maximum absolute atomic E-state index is 11.8. The molecule has 1 fully saturated rings. The van der Waals surface area contributed by atoms with Gasteiger partial charge in [-0.2, -0.15) is 0 Å². The van der Waals surface area contributed by atoms with Crippen LogP contribution in [0.25, 0.3) is 0 Å². The highest BCUT2D eigenvalue weighted by Crippen LogP contribution is 2.12. The SMILES string of the molecule is COCc1nc(N2CCN(CCn3ccccc3=O)CC2)cc(=O)[nH]1. The molecule has 0 aliphatic carbocycles. The molecule has 0 atom stereocenters. The van der Waals surface area contributed by atoms with Crippen LogP contribution in [-0.4, -0.2) is 59.3 Å². The summed E-state index contributed by atoms with van der Waals surface area (Å²) in [5, 5.41) is 0. The molecule has 0 unspecified atom stereocenters. The molecule has 0 amide bonds. The van der Waals surface area contributed by atoms with Crippen LogP contribution in [0.3, 0.4) is 0 Å². The smallest absolute Gasteiger partial charge is 0.253 e. The largest absolute Gasteiger partial charge is 0.377 e. The molecule has 1 N–H and O–H groups in total. The Kier molecular flexibility index (Phi) is 5.62. The summed E-state index contributed by atoms with van der Waals surface area (Å²) in [7, 11) is 1.57. The molecular weight excluding hydrogens is 322 g/mol. The van der Waals surface area contributed by atoms with Crippen molar-refractivity contribution in [2.75, 3.05) is 44.7 Å². The van der Waals surface area contributed by atoms with Crippen LogP contribution in [0.5, 0.6) is 0 Å². The minimum Gasteiger partial charge on any atom is -0.377 e. The predicted octanol–water partition coefficient (Wildman–Crippen LogP) is -0.0998. The monoisotopic (exact) mass is 345 g/mol. The van der Waals surface area contributed by atoms with Crippen molar-refractivity contribution >= 4 is 5.82 Å². The van der Waals surface area contributed by atoms with Gasteiger partial charge in [-0.3, -0.25) is 14.5 Å². The van der Waals surface area contributed by atoms with E-state index in [2.05, 4.69) is 19.8 Å². The lowest BCUT2D eigenvalue weighted by molar-refractivity contribution is 0.177. The molecule has 0 saturated carbocycles. The third-order valence-electron chi connectivity index (χ3n) is 4.31. The molecule has 2 aromatic rings. The summed E-state index contributed by atoms with van der Waals surface area (Å²) in [6.07, 6.45) is 1.82. The van der Waals surface area contributed by atoms with E-state index in [1.165, 1.54) is 6.07 Å². The fraction of sp³-hybridized carbons (Fsp3) is 0.471. The fourth-order valence-electron chi connectivity index (χ4n) is 2.96. The molecule has 1 aliphatic rings. The van der Waals surface area contributed by atoms with Gasteiger partial charge in [0.2, 0.25) is 0 Å². The van der Waals surface area contributed by atoms with Crippen molar-refractivity contribution in [3.8, 4) is 0 Å². The van der Waals surface area contributed by atoms with E-state index < -0.39 is 0 Å². The Labute approximate surface area is 145 Å². The van der Waals surface area contributed by atoms with Crippen LogP contribution in [-0.2, 0) is 17.9 Å². The third-order valence-corrected chi connectivity index (χ3v) is 4.31. The van der Waals surface area contributed by atoms with E-state index in [0.29, 0.717) is 18.2 Å². The molecule has 134 valence electrons. The molecule has 25 heavy (non-hydrogen) atoms. The quantitative estimate of drug-likeness (QED) is 0.787. The highest BCUT2D eigenvalue weighted by molar-refractivity contribution is 5.38. The van der Waals surface area contributed by atoms with Gasteiger partial charge in [-0.25, -0.2) is 4.98 Å². The van der Waals surface area contributed by atoms with Gasteiger partial charge in [-0.15, -0.1) is 0 Å². The van der Waals surface area contributed by atoms with E-state index in [-0.39, 0.29) is 17.7 Å². The Hall–Kier alpha value is -2.45. The summed E-state index contributed by atoms with van der Waals surface area (Å²) in [6, 6.07) is 6.73. The van der Waals surface area contributed by atoms with Gasteiger partial charge in [0.05, 0.1) is 0 Å². The van der Waals surface area contributed by atoms with Crippen molar-refractivity contribution in [2.24, 2.45) is 0 Å². The van der Waals surface area contributed by atoms with E-state index in [0.717, 1.165) is 32.7 Å². The minimum absolute atomic E-state index is 0.0273. The second kappa shape index (κ2) is 8.09. The van der Waals surface area contributed by atoms with Gasteiger partial charge in [-0.05, 0) is 6.07 Å². The zero-order chi connectivity index (χ0) is 17.6. The van der Waals surface area contributed by atoms with E-state index in [4.69, 9.17) is 4.74 Å². The Morgan fingerprint density at radius 3 is 2.68 bits per heavy atom. The zero-order valence-corrected chi connectivity index (χ0v) is 14.4. The molecular formula is C17H23N5O3. The summed E-state index contributed by atoms with van der Waals surface area (Å²) in [4.78, 5) is 35.1. The molecule has 8 nitrogen and oxygen atoms in total. The Balaban J connectivity index is 1.56. The molecule has 0 spiro atoms. The number of aromatic amines is 1. The predicted molar refractivity (Wildman–Crippen MR) is 94.9 cm³/mol. The number of nitrogens with one attached hydrogen (secondary N) is 1. The van der Waals surface area contributed by atoms with Gasteiger partial charge in [0, 0.05) is 64.7 Å². The van der Waals surface area contributed by atoms with Crippen molar-refractivity contribution < 1.29 is 4.74 Å². The Bertz CT molecular complexity index is 808. The molecule has 1 saturated heterocycles. The van der Waals surface area contributed by atoms with Crippen LogP contribution in [0.15, 0.2) is 40.1 Å². The number of H-pyrrole nitrogens is 1. The van der Waals surface area contributed by atoms with Crippen LogP contribution < -0.4 is 16.0 Å². The maximum Gasteiger partial charge on any atom is 0.253 e. The second-order valence-corrected chi connectivity index (χ2v) is 6.04. The lowest BCUT2D eigenvalue weighted by Gasteiger charge is -2.35. The first-order valence-electron chi connectivity index (χ1n) is 8.37. The van der Waals surface area contributed by atoms with E-state index in [9.17, 15) is 9.59 Å². The highest BCUT2D eigenvalue weighted by Gasteiger charge is 2.18. The van der Waals surface area contributed by atoms with Crippen LogP contribution in [0, 0.1) is 0 Å². The number of nitrogens with zero attached hydrogens (tertiary/aromatic N) is 4. The number of ether oxygens (including phenoxy) is 1. The van der Waals surface area contributed by atoms with Crippen molar-refractivity contribution in [2.45, 2.75) is 13.2 Å². The number of anilines is 1. The molecule has 3 heterocycles. The molecule has 0 bridgehead atoms. The first-order valence-corrected chi connectivity index (χ1v) is 8.37. The van der Waals surface area contributed by atoms with Gasteiger partial charge < -0.3 is 19.2 Å². The molecule has 0 radical (unpaired) electrons. The standard InChI is InChI=1S/C17H23N5O3/c1-25-13-14-18-15(12-16(23)19-14)21-9-6-20(7-10-21)8-11-22-5-3-2-4-17(22)24/h2-5,12H,6-11,13H2,1H3,(H,18,19,23). The Morgan fingerprint density at radius 2 is 1.96 bits per heavy atom. The lowest BCUT2D eigenvalue weighted by atomic mass is 10.3. The summed E-state index contributed by atoms with van der Waals surface area (Å²) in [5.74, 6) is 1.23. The lowest BCUT2D eigenvalue weighted by Crippen LogP contribution is -2.48. The zero-order valence-electron chi connectivity index (χ0n) is 14.4. The summed E-state index contributed by atoms with van der Waals surface area (Å²) in [6.45, 7) is 5.13. The molecule has 2 aromatic heterocycles. The minimum atomic E-state index is -0.164. The number of rotatable bonds is 6. The van der Waals surface area contributed by atoms with Gasteiger partial charge in [0.1, 0.15) is 18.2 Å². The van der Waals surface area contributed by atoms with Gasteiger partial charge in [-0.1, -0.05) is 6.07 Å². The Morgan fingerprint density at radius 1 is 1.16 bits per heavy atom. The van der Waals surface area contributed by atoms with Crippen LogP contribution >= 0.6 is 0 Å². The fourth-order valence-corrected chi connectivity index (χ4v) is 2.96. The molecule has 8 heteroatoms. The number of hydrogen-bond acceptors (Lipinski definition) is 6. The highest BCUT2D eigenvalue weighted by atomic mass is 16.5. The van der Waals surface area contributed by atoms with Crippen LogP contribution in [0.4, 0.5) is 5.82 Å². The van der Waals surface area contributed by atoms with Crippen LogP contribution in [0.1, 0.15) is 5.82 Å². The van der Waals surface area contributed by atoms with E-state index in [1.54, 1.807) is 23.8 Å². The average molecular weight is 345 g/mol. The number of aromatic nitrogens is 3. The topological polar surface area (TPSA) is 83.5 Å². The van der Waals surface area contributed by atoms with Gasteiger partial charge in [0.15, 0.2) is 0 Å². The summed E-state index contributed by atoms with van der Waals surface area (Å²) < 4.78 is 6.76. The van der Waals surface area contributed by atoms with Gasteiger partial charge in [0.25, 0.3) is 11.1 Å². The number of hydrogen-bond donors (Lipinski definition) is 1. The van der Waals surface area contributed by atoms with E-state index >= 15 is 0 Å². The van der Waals surface area contributed by atoms with Crippen molar-refractivity contribution in [3.63, 3.8) is 0 Å². The van der Waals surface area contributed by atoms with Gasteiger partial charge >= 0.3 is 0 Å².